The molecule has 2 aromatic carbocycles. The number of carbonyl (C=O) groups is 1. The highest BCUT2D eigenvalue weighted by atomic mass is 32.2. The maximum atomic E-state index is 13.5. The van der Waals surface area contributed by atoms with Crippen LogP contribution in [0.15, 0.2) is 42.5 Å². The van der Waals surface area contributed by atoms with Crippen molar-refractivity contribution < 1.29 is 9.18 Å². The van der Waals surface area contributed by atoms with Gasteiger partial charge in [-0.05, 0) is 41.2 Å². The molecule has 0 aliphatic carbocycles. The Morgan fingerprint density at radius 1 is 1.04 bits per heavy atom. The lowest BCUT2D eigenvalue weighted by molar-refractivity contribution is -0.118. The van der Waals surface area contributed by atoms with E-state index in [4.69, 9.17) is 0 Å². The molecule has 0 fully saturated rings. The molecule has 0 aromatic heterocycles. The van der Waals surface area contributed by atoms with E-state index >= 15 is 0 Å². The highest BCUT2D eigenvalue weighted by molar-refractivity contribution is 7.99. The van der Waals surface area contributed by atoms with E-state index < -0.39 is 0 Å². The number of nitrogens with one attached hydrogen (secondary N) is 1. The van der Waals surface area contributed by atoms with E-state index in [0.717, 1.165) is 12.8 Å². The van der Waals surface area contributed by atoms with Crippen LogP contribution in [0.25, 0.3) is 0 Å². The van der Waals surface area contributed by atoms with E-state index in [0.29, 0.717) is 23.6 Å². The van der Waals surface area contributed by atoms with E-state index in [9.17, 15) is 9.18 Å². The van der Waals surface area contributed by atoms with E-state index in [2.05, 4.69) is 37.4 Å². The van der Waals surface area contributed by atoms with Gasteiger partial charge < -0.3 is 5.32 Å². The number of aryl methyl sites for hydroxylation is 2. The normalized spacial score (nSPS) is 10.6. The molecule has 128 valence electrons. The van der Waals surface area contributed by atoms with Gasteiger partial charge in [0.2, 0.25) is 5.91 Å². The molecule has 1 N–H and O–H groups in total. The molecule has 0 saturated carbocycles. The Bertz CT molecular complexity index is 687. The molecule has 0 saturated heterocycles. The van der Waals surface area contributed by atoms with Gasteiger partial charge in [-0.25, -0.2) is 4.39 Å². The van der Waals surface area contributed by atoms with Gasteiger partial charge in [0.25, 0.3) is 0 Å². The van der Waals surface area contributed by atoms with Crippen LogP contribution in [0.2, 0.25) is 0 Å². The van der Waals surface area contributed by atoms with Crippen molar-refractivity contribution in [2.45, 2.75) is 39.0 Å². The Labute approximate surface area is 147 Å². The van der Waals surface area contributed by atoms with Crippen LogP contribution >= 0.6 is 11.8 Å². The third-order valence-electron chi connectivity index (χ3n) is 3.98. The van der Waals surface area contributed by atoms with E-state index in [1.165, 1.54) is 34.5 Å². The summed E-state index contributed by atoms with van der Waals surface area (Å²) in [6.07, 6.45) is 1.95. The van der Waals surface area contributed by atoms with E-state index in [-0.39, 0.29) is 11.7 Å². The summed E-state index contributed by atoms with van der Waals surface area (Å²) in [5, 5.41) is 2.97. The molecule has 0 aliphatic rings. The third kappa shape index (κ3) is 5.38. The summed E-state index contributed by atoms with van der Waals surface area (Å²) in [6.45, 7) is 4.80. The SMILES string of the molecule is CCc1ccc(CC)c(CNC(=O)CSCc2ccccc2F)c1. The molecule has 4 heteroatoms. The topological polar surface area (TPSA) is 29.1 Å². The van der Waals surface area contributed by atoms with Crippen molar-refractivity contribution in [1.29, 1.82) is 0 Å². The van der Waals surface area contributed by atoms with Crippen LogP contribution in [0.4, 0.5) is 4.39 Å². The molecular formula is C20H24FNOS. The van der Waals surface area contributed by atoms with Gasteiger partial charge in [0.1, 0.15) is 5.82 Å². The zero-order valence-corrected chi connectivity index (χ0v) is 15.1. The van der Waals surface area contributed by atoms with Crippen molar-refractivity contribution in [3.63, 3.8) is 0 Å². The first-order valence-electron chi connectivity index (χ1n) is 8.32. The number of hydrogen-bond donors (Lipinski definition) is 1. The lowest BCUT2D eigenvalue weighted by atomic mass is 10.0. The molecule has 2 rings (SSSR count). The third-order valence-corrected chi connectivity index (χ3v) is 4.97. The first kappa shape index (κ1) is 18.5. The molecular weight excluding hydrogens is 321 g/mol. The minimum atomic E-state index is -0.214. The van der Waals surface area contributed by atoms with Crippen molar-refractivity contribution in [3.8, 4) is 0 Å². The van der Waals surface area contributed by atoms with Gasteiger partial charge in [-0.2, -0.15) is 0 Å². The van der Waals surface area contributed by atoms with Crippen LogP contribution in [0.3, 0.4) is 0 Å². The van der Waals surface area contributed by atoms with Crippen LogP contribution in [-0.2, 0) is 29.9 Å². The van der Waals surface area contributed by atoms with Crippen molar-refractivity contribution in [2.24, 2.45) is 0 Å². The number of hydrogen-bond acceptors (Lipinski definition) is 2. The molecule has 0 spiro atoms. The molecule has 0 heterocycles. The van der Waals surface area contributed by atoms with Crippen molar-refractivity contribution in [2.75, 3.05) is 5.75 Å². The second-order valence-corrected chi connectivity index (χ2v) is 6.66. The number of carbonyl (C=O) groups excluding carboxylic acids is 1. The molecule has 0 bridgehead atoms. The average molecular weight is 345 g/mol. The first-order chi connectivity index (χ1) is 11.6. The van der Waals surface area contributed by atoms with Gasteiger partial charge in [-0.15, -0.1) is 11.8 Å². The lowest BCUT2D eigenvalue weighted by Crippen LogP contribution is -2.25. The van der Waals surface area contributed by atoms with Gasteiger partial charge in [-0.1, -0.05) is 50.2 Å². The quantitative estimate of drug-likeness (QED) is 0.763. The molecule has 0 radical (unpaired) electrons. The predicted molar refractivity (Wildman–Crippen MR) is 99.6 cm³/mol. The van der Waals surface area contributed by atoms with Gasteiger partial charge in [0.05, 0.1) is 5.75 Å². The smallest absolute Gasteiger partial charge is 0.230 e. The van der Waals surface area contributed by atoms with Crippen molar-refractivity contribution in [1.82, 2.24) is 5.32 Å². The van der Waals surface area contributed by atoms with Crippen LogP contribution in [0.1, 0.15) is 36.1 Å². The highest BCUT2D eigenvalue weighted by Crippen LogP contribution is 2.16. The summed E-state index contributed by atoms with van der Waals surface area (Å²) < 4.78 is 13.5. The molecule has 2 aromatic rings. The van der Waals surface area contributed by atoms with Crippen LogP contribution in [0.5, 0.6) is 0 Å². The molecule has 1 amide bonds. The molecule has 0 aliphatic heterocycles. The molecule has 0 unspecified atom stereocenters. The predicted octanol–water partition coefficient (Wildman–Crippen LogP) is 4.50. The minimum absolute atomic E-state index is 0.0136. The zero-order chi connectivity index (χ0) is 17.4. The summed E-state index contributed by atoms with van der Waals surface area (Å²) in [5.41, 5.74) is 4.38. The number of halogens is 1. The summed E-state index contributed by atoms with van der Waals surface area (Å²) in [7, 11) is 0. The van der Waals surface area contributed by atoms with Gasteiger partial charge in [0.15, 0.2) is 0 Å². The first-order valence-corrected chi connectivity index (χ1v) is 9.48. The number of rotatable bonds is 8. The maximum Gasteiger partial charge on any atom is 0.230 e. The van der Waals surface area contributed by atoms with Crippen molar-refractivity contribution >= 4 is 17.7 Å². The standard InChI is InChI=1S/C20H24FNOS/c1-3-15-9-10-16(4-2)18(11-15)12-22-20(23)14-24-13-17-7-5-6-8-19(17)21/h5-11H,3-4,12-14H2,1-2H3,(H,22,23). The lowest BCUT2D eigenvalue weighted by Gasteiger charge is -2.11. The molecule has 2 nitrogen and oxygen atoms in total. The summed E-state index contributed by atoms with van der Waals surface area (Å²) in [5.74, 6) is 0.615. The minimum Gasteiger partial charge on any atom is -0.351 e. The average Bonchev–Trinajstić information content (AvgIpc) is 2.61. The van der Waals surface area contributed by atoms with Gasteiger partial charge in [0, 0.05) is 12.3 Å². The van der Waals surface area contributed by atoms with Crippen LogP contribution < -0.4 is 5.32 Å². The Morgan fingerprint density at radius 3 is 2.54 bits per heavy atom. The Hall–Kier alpha value is -1.81. The van der Waals surface area contributed by atoms with Gasteiger partial charge >= 0.3 is 0 Å². The molecule has 0 atom stereocenters. The van der Waals surface area contributed by atoms with Crippen LogP contribution in [-0.4, -0.2) is 11.7 Å². The highest BCUT2D eigenvalue weighted by Gasteiger charge is 2.07. The number of amides is 1. The maximum absolute atomic E-state index is 13.5. The second kappa shape index (κ2) is 9.48. The monoisotopic (exact) mass is 345 g/mol. The van der Waals surface area contributed by atoms with Crippen molar-refractivity contribution in [3.05, 3.63) is 70.5 Å². The fourth-order valence-corrected chi connectivity index (χ4v) is 3.37. The Balaban J connectivity index is 1.82. The number of thioether (sulfide) groups is 1. The fourth-order valence-electron chi connectivity index (χ4n) is 2.52. The second-order valence-electron chi connectivity index (χ2n) is 5.67. The largest absolute Gasteiger partial charge is 0.351 e. The Kier molecular flexibility index (Phi) is 7.32. The van der Waals surface area contributed by atoms with E-state index in [1.54, 1.807) is 12.1 Å². The van der Waals surface area contributed by atoms with Crippen LogP contribution in [0, 0.1) is 5.82 Å². The molecule has 24 heavy (non-hydrogen) atoms. The van der Waals surface area contributed by atoms with E-state index in [1.807, 2.05) is 6.07 Å². The summed E-state index contributed by atoms with van der Waals surface area (Å²) in [6, 6.07) is 13.2. The zero-order valence-electron chi connectivity index (χ0n) is 14.3. The number of benzene rings is 2. The summed E-state index contributed by atoms with van der Waals surface area (Å²) in [4.78, 5) is 12.0. The Morgan fingerprint density at radius 2 is 1.83 bits per heavy atom. The summed E-state index contributed by atoms with van der Waals surface area (Å²) >= 11 is 1.43. The fraction of sp³-hybridized carbons (Fsp3) is 0.350. The van der Waals surface area contributed by atoms with Gasteiger partial charge in [-0.3, -0.25) is 4.79 Å².